The molecule has 2 atom stereocenters. The van der Waals surface area contributed by atoms with E-state index >= 15 is 0 Å². The Morgan fingerprint density at radius 1 is 1.43 bits per heavy atom. The lowest BCUT2D eigenvalue weighted by Gasteiger charge is -2.12. The molecule has 0 bridgehead atoms. The molecule has 1 amide bonds. The molecule has 1 heterocycles. The Labute approximate surface area is 139 Å². The number of nitrogens with zero attached hydrogens (tertiary/aromatic N) is 1. The van der Waals surface area contributed by atoms with Gasteiger partial charge in [0.25, 0.3) is 0 Å². The maximum absolute atomic E-state index is 12.2. The molecule has 1 saturated carbocycles. The Kier molecular flexibility index (Phi) is 4.93. The van der Waals surface area contributed by atoms with Gasteiger partial charge in [-0.05, 0) is 38.3 Å². The fraction of sp³-hybridized carbons (Fsp3) is 0.412. The van der Waals surface area contributed by atoms with Gasteiger partial charge in [-0.15, -0.1) is 11.3 Å². The van der Waals surface area contributed by atoms with Gasteiger partial charge in [-0.2, -0.15) is 0 Å². The van der Waals surface area contributed by atoms with Crippen LogP contribution in [0.2, 0.25) is 0 Å². The first kappa shape index (κ1) is 16.0. The normalized spacial score (nSPS) is 20.4. The van der Waals surface area contributed by atoms with Crippen molar-refractivity contribution in [2.75, 3.05) is 11.9 Å². The third-order valence-corrected chi connectivity index (χ3v) is 4.77. The lowest BCUT2D eigenvalue weighted by Crippen LogP contribution is -2.28. The summed E-state index contributed by atoms with van der Waals surface area (Å²) in [4.78, 5) is 16.7. The van der Waals surface area contributed by atoms with Crippen LogP contribution in [0.1, 0.15) is 26.2 Å². The van der Waals surface area contributed by atoms with Crippen LogP contribution in [0.5, 0.6) is 5.75 Å². The monoisotopic (exact) mass is 332 g/mol. The predicted octanol–water partition coefficient (Wildman–Crippen LogP) is 3.31. The molecule has 122 valence electrons. The number of rotatable bonds is 5. The molecule has 1 aromatic carbocycles. The fourth-order valence-corrected chi connectivity index (χ4v) is 3.57. The summed E-state index contributed by atoms with van der Waals surface area (Å²) in [7, 11) is 0. The summed E-state index contributed by atoms with van der Waals surface area (Å²) in [5, 5.41) is 15.1. The lowest BCUT2D eigenvalue weighted by molar-refractivity contribution is -0.122. The van der Waals surface area contributed by atoms with Crippen LogP contribution in [-0.4, -0.2) is 28.7 Å². The summed E-state index contributed by atoms with van der Waals surface area (Å²) in [5.74, 6) is 0.316. The topological polar surface area (TPSA) is 71.5 Å². The van der Waals surface area contributed by atoms with Crippen LogP contribution in [0, 0.1) is 5.92 Å². The van der Waals surface area contributed by atoms with Crippen LogP contribution >= 0.6 is 11.3 Å². The molecule has 0 radical (unpaired) electrons. The zero-order valence-electron chi connectivity index (χ0n) is 13.0. The smallest absolute Gasteiger partial charge is 0.231 e. The van der Waals surface area contributed by atoms with E-state index in [4.69, 9.17) is 4.74 Å². The Balaban J connectivity index is 1.74. The number of hydrogen-bond donors (Lipinski definition) is 2. The number of para-hydroxylation sites is 1. The van der Waals surface area contributed by atoms with Gasteiger partial charge in [0, 0.05) is 10.9 Å². The van der Waals surface area contributed by atoms with E-state index in [0.717, 1.165) is 29.8 Å². The minimum Gasteiger partial charge on any atom is -0.493 e. The number of anilines is 1. The number of thiazole rings is 1. The van der Waals surface area contributed by atoms with Gasteiger partial charge in [-0.1, -0.05) is 12.1 Å². The van der Waals surface area contributed by atoms with Crippen molar-refractivity contribution in [1.29, 1.82) is 0 Å². The minimum atomic E-state index is -0.534. The van der Waals surface area contributed by atoms with Crippen molar-refractivity contribution in [2.45, 2.75) is 32.3 Å². The Morgan fingerprint density at radius 3 is 3.00 bits per heavy atom. The first-order valence-corrected chi connectivity index (χ1v) is 8.73. The van der Waals surface area contributed by atoms with Gasteiger partial charge in [0.05, 0.1) is 24.3 Å². The Morgan fingerprint density at radius 2 is 2.26 bits per heavy atom. The van der Waals surface area contributed by atoms with Gasteiger partial charge in [0.2, 0.25) is 5.91 Å². The van der Waals surface area contributed by atoms with Crippen LogP contribution in [0.15, 0.2) is 29.6 Å². The van der Waals surface area contributed by atoms with E-state index in [9.17, 15) is 9.90 Å². The summed E-state index contributed by atoms with van der Waals surface area (Å²) in [6.45, 7) is 2.53. The molecule has 1 aliphatic carbocycles. The van der Waals surface area contributed by atoms with Gasteiger partial charge < -0.3 is 15.2 Å². The highest BCUT2D eigenvalue weighted by molar-refractivity contribution is 7.14. The largest absolute Gasteiger partial charge is 0.493 e. The van der Waals surface area contributed by atoms with E-state index in [1.54, 1.807) is 0 Å². The van der Waals surface area contributed by atoms with Crippen molar-refractivity contribution in [3.05, 3.63) is 29.6 Å². The first-order valence-electron chi connectivity index (χ1n) is 7.85. The second-order valence-corrected chi connectivity index (χ2v) is 6.42. The minimum absolute atomic E-state index is 0.144. The third-order valence-electron chi connectivity index (χ3n) is 4.01. The number of ether oxygens (including phenoxy) is 1. The molecular weight excluding hydrogens is 312 g/mol. The molecule has 0 spiro atoms. The van der Waals surface area contributed by atoms with Gasteiger partial charge >= 0.3 is 0 Å². The highest BCUT2D eigenvalue weighted by Gasteiger charge is 2.31. The predicted molar refractivity (Wildman–Crippen MR) is 90.7 cm³/mol. The second kappa shape index (κ2) is 7.10. The average Bonchev–Trinajstić information content (AvgIpc) is 3.17. The van der Waals surface area contributed by atoms with Crippen molar-refractivity contribution in [2.24, 2.45) is 5.92 Å². The Hall–Kier alpha value is -1.92. The van der Waals surface area contributed by atoms with Crippen molar-refractivity contribution in [1.82, 2.24) is 4.98 Å². The second-order valence-electron chi connectivity index (χ2n) is 5.56. The summed E-state index contributed by atoms with van der Waals surface area (Å²) < 4.78 is 5.62. The average molecular weight is 332 g/mol. The van der Waals surface area contributed by atoms with E-state index in [2.05, 4.69) is 10.3 Å². The highest BCUT2D eigenvalue weighted by atomic mass is 32.1. The fourth-order valence-electron chi connectivity index (χ4n) is 2.86. The van der Waals surface area contributed by atoms with Crippen LogP contribution in [0.25, 0.3) is 11.3 Å². The van der Waals surface area contributed by atoms with Gasteiger partial charge in [0.15, 0.2) is 5.13 Å². The maximum atomic E-state index is 12.2. The van der Waals surface area contributed by atoms with E-state index in [1.165, 1.54) is 11.3 Å². The molecule has 23 heavy (non-hydrogen) atoms. The number of aliphatic hydroxyl groups excluding tert-OH is 1. The zero-order chi connectivity index (χ0) is 16.2. The summed E-state index contributed by atoms with van der Waals surface area (Å²) in [6, 6.07) is 7.72. The molecule has 0 aliphatic heterocycles. The zero-order valence-corrected chi connectivity index (χ0v) is 13.8. The molecule has 2 N–H and O–H groups in total. The van der Waals surface area contributed by atoms with Crippen LogP contribution < -0.4 is 10.1 Å². The number of aliphatic hydroxyl groups is 1. The molecule has 2 aromatic rings. The van der Waals surface area contributed by atoms with E-state index in [-0.39, 0.29) is 11.8 Å². The van der Waals surface area contributed by atoms with Crippen LogP contribution in [-0.2, 0) is 4.79 Å². The van der Waals surface area contributed by atoms with Crippen molar-refractivity contribution < 1.29 is 14.6 Å². The molecule has 0 saturated heterocycles. The molecule has 5 nitrogen and oxygen atoms in total. The summed E-state index contributed by atoms with van der Waals surface area (Å²) >= 11 is 1.38. The van der Waals surface area contributed by atoms with Gasteiger partial charge in [-0.3, -0.25) is 4.79 Å². The molecular formula is C17H20N2O3S. The molecule has 1 aromatic heterocycles. The maximum Gasteiger partial charge on any atom is 0.231 e. The van der Waals surface area contributed by atoms with Gasteiger partial charge in [0.1, 0.15) is 5.75 Å². The van der Waals surface area contributed by atoms with E-state index in [0.29, 0.717) is 18.2 Å². The van der Waals surface area contributed by atoms with Crippen LogP contribution in [0.4, 0.5) is 5.13 Å². The quantitative estimate of drug-likeness (QED) is 0.881. The SMILES string of the molecule is CCOc1ccccc1-c1csc(NC(=O)C2CCCC2O)n1. The number of nitrogens with one attached hydrogen (secondary N) is 1. The molecule has 1 fully saturated rings. The number of carbonyl (C=O) groups is 1. The number of aromatic nitrogens is 1. The van der Waals surface area contributed by atoms with E-state index in [1.807, 2.05) is 36.6 Å². The number of benzene rings is 1. The number of hydrogen-bond acceptors (Lipinski definition) is 5. The number of amides is 1. The van der Waals surface area contributed by atoms with E-state index < -0.39 is 6.10 Å². The summed E-state index contributed by atoms with van der Waals surface area (Å²) in [6.07, 6.45) is 1.79. The third kappa shape index (κ3) is 3.54. The molecule has 1 aliphatic rings. The van der Waals surface area contributed by atoms with Crippen molar-refractivity contribution >= 4 is 22.4 Å². The highest BCUT2D eigenvalue weighted by Crippen LogP contribution is 2.33. The Bertz CT molecular complexity index is 686. The van der Waals surface area contributed by atoms with Crippen LogP contribution in [0.3, 0.4) is 0 Å². The molecule has 6 heteroatoms. The van der Waals surface area contributed by atoms with Crippen molar-refractivity contribution in [3.8, 4) is 17.0 Å². The van der Waals surface area contributed by atoms with Gasteiger partial charge in [-0.25, -0.2) is 4.98 Å². The molecule has 3 rings (SSSR count). The lowest BCUT2D eigenvalue weighted by atomic mass is 10.1. The standard InChI is InChI=1S/C17H20N2O3S/c1-2-22-15-9-4-3-6-11(15)13-10-23-17(18-13)19-16(21)12-7-5-8-14(12)20/h3-4,6,9-10,12,14,20H,2,5,7-8H2,1H3,(H,18,19,21). The first-order chi connectivity index (χ1) is 11.2. The number of carbonyl (C=O) groups excluding carboxylic acids is 1. The van der Waals surface area contributed by atoms with Crippen molar-refractivity contribution in [3.63, 3.8) is 0 Å². The molecule has 2 unspecified atom stereocenters. The summed E-state index contributed by atoms with van der Waals surface area (Å²) in [5.41, 5.74) is 1.69.